The van der Waals surface area contributed by atoms with Gasteiger partial charge in [0, 0.05) is 30.9 Å². The number of likely N-dealkylation sites (tertiary alicyclic amines) is 1. The van der Waals surface area contributed by atoms with Gasteiger partial charge in [-0.1, -0.05) is 38.5 Å². The quantitative estimate of drug-likeness (QED) is 0.581. The lowest BCUT2D eigenvalue weighted by atomic mass is 9.96. The topological polar surface area (TPSA) is 95.6 Å². The maximum absolute atomic E-state index is 13.1. The Morgan fingerprint density at radius 1 is 1.06 bits per heavy atom. The number of hydrogen-bond acceptors (Lipinski definition) is 4. The number of piperidine rings is 1. The summed E-state index contributed by atoms with van der Waals surface area (Å²) in [4.78, 5) is 27.3. The summed E-state index contributed by atoms with van der Waals surface area (Å²) in [6.07, 6.45) is 4.28. The molecule has 0 bridgehead atoms. The molecule has 1 heterocycles. The number of carbonyl (C=O) groups is 2. The number of sulfonamides is 1. The van der Waals surface area contributed by atoms with Crippen LogP contribution < -0.4 is 10.0 Å². The van der Waals surface area contributed by atoms with E-state index in [9.17, 15) is 18.0 Å². The highest BCUT2D eigenvalue weighted by molar-refractivity contribution is 7.92. The first-order valence-corrected chi connectivity index (χ1v) is 13.1. The Kier molecular flexibility index (Phi) is 8.49. The van der Waals surface area contributed by atoms with E-state index in [4.69, 9.17) is 0 Å². The second-order valence-electron chi connectivity index (χ2n) is 8.46. The fourth-order valence-electron chi connectivity index (χ4n) is 4.00. The minimum Gasteiger partial charge on any atom is -0.356 e. The summed E-state index contributed by atoms with van der Waals surface area (Å²) in [7, 11) is -3.77. The second kappa shape index (κ2) is 11.3. The maximum Gasteiger partial charge on any atom is 0.261 e. The van der Waals surface area contributed by atoms with Crippen LogP contribution in [0.3, 0.4) is 0 Å². The number of anilines is 1. The molecule has 0 saturated carbocycles. The monoisotopic (exact) mass is 471 g/mol. The van der Waals surface area contributed by atoms with Crippen molar-refractivity contribution >= 4 is 27.5 Å². The van der Waals surface area contributed by atoms with E-state index in [0.29, 0.717) is 30.9 Å². The smallest absolute Gasteiger partial charge is 0.261 e. The van der Waals surface area contributed by atoms with Crippen molar-refractivity contribution < 1.29 is 18.0 Å². The van der Waals surface area contributed by atoms with Gasteiger partial charge in [-0.2, -0.15) is 0 Å². The molecule has 1 saturated heterocycles. The standard InChI is InChI=1S/C25H33N3O4S/c1-3-7-19-11-13-23(14-12-19)33(31,32)27-22-10-5-8-20(17-22)25(30)28-16-6-9-21(18-28)24(29)26-15-4-2/h5,8,10-14,17,21,27H,3-4,6-7,9,15-16,18H2,1-2H3,(H,26,29)/t21-/m0/s1. The first-order chi connectivity index (χ1) is 15.8. The summed E-state index contributed by atoms with van der Waals surface area (Å²) >= 11 is 0. The van der Waals surface area contributed by atoms with Crippen LogP contribution in [0.1, 0.15) is 55.5 Å². The minimum absolute atomic E-state index is 0.0131. The van der Waals surface area contributed by atoms with Crippen LogP contribution in [0.15, 0.2) is 53.4 Å². The molecule has 0 unspecified atom stereocenters. The van der Waals surface area contributed by atoms with Gasteiger partial charge in [0.05, 0.1) is 10.8 Å². The molecule has 178 valence electrons. The Labute approximate surface area is 196 Å². The average Bonchev–Trinajstić information content (AvgIpc) is 2.82. The van der Waals surface area contributed by atoms with E-state index in [0.717, 1.165) is 37.7 Å². The summed E-state index contributed by atoms with van der Waals surface area (Å²) < 4.78 is 28.2. The Morgan fingerprint density at radius 3 is 2.52 bits per heavy atom. The molecule has 1 aliphatic heterocycles. The van der Waals surface area contributed by atoms with Gasteiger partial charge in [0.2, 0.25) is 5.91 Å². The van der Waals surface area contributed by atoms with Crippen molar-refractivity contribution in [1.82, 2.24) is 10.2 Å². The number of carbonyl (C=O) groups excluding carboxylic acids is 2. The molecule has 2 amide bonds. The number of aryl methyl sites for hydroxylation is 1. The van der Waals surface area contributed by atoms with E-state index in [2.05, 4.69) is 17.0 Å². The van der Waals surface area contributed by atoms with E-state index < -0.39 is 10.0 Å². The average molecular weight is 472 g/mol. The maximum atomic E-state index is 13.1. The van der Waals surface area contributed by atoms with Crippen molar-refractivity contribution in [1.29, 1.82) is 0 Å². The van der Waals surface area contributed by atoms with Crippen molar-refractivity contribution in [3.05, 3.63) is 59.7 Å². The van der Waals surface area contributed by atoms with E-state index in [-0.39, 0.29) is 22.6 Å². The number of benzene rings is 2. The van der Waals surface area contributed by atoms with Crippen LogP contribution in [0.25, 0.3) is 0 Å². The zero-order valence-corrected chi connectivity index (χ0v) is 20.2. The van der Waals surface area contributed by atoms with Gasteiger partial charge in [-0.05, 0) is 61.6 Å². The summed E-state index contributed by atoms with van der Waals surface area (Å²) in [5, 5.41) is 2.91. The lowest BCUT2D eigenvalue weighted by Crippen LogP contribution is -2.45. The third-order valence-corrected chi connectivity index (χ3v) is 7.16. The molecule has 0 radical (unpaired) electrons. The first kappa shape index (κ1) is 24.8. The van der Waals surface area contributed by atoms with Gasteiger partial charge in [-0.15, -0.1) is 0 Å². The van der Waals surface area contributed by atoms with Gasteiger partial charge < -0.3 is 10.2 Å². The van der Waals surface area contributed by atoms with Gasteiger partial charge in [-0.25, -0.2) is 8.42 Å². The van der Waals surface area contributed by atoms with E-state index >= 15 is 0 Å². The highest BCUT2D eigenvalue weighted by Gasteiger charge is 2.29. The molecule has 0 aliphatic carbocycles. The third-order valence-electron chi connectivity index (χ3n) is 5.76. The fraction of sp³-hybridized carbons (Fsp3) is 0.440. The van der Waals surface area contributed by atoms with Crippen molar-refractivity contribution in [2.24, 2.45) is 5.92 Å². The molecule has 2 aromatic rings. The summed E-state index contributed by atoms with van der Waals surface area (Å²) in [5.74, 6) is -0.430. The number of nitrogens with one attached hydrogen (secondary N) is 2. The molecule has 2 N–H and O–H groups in total. The van der Waals surface area contributed by atoms with Gasteiger partial charge in [0.1, 0.15) is 0 Å². The molecule has 7 nitrogen and oxygen atoms in total. The van der Waals surface area contributed by atoms with Crippen molar-refractivity contribution in [3.63, 3.8) is 0 Å². The van der Waals surface area contributed by atoms with Gasteiger partial charge in [-0.3, -0.25) is 14.3 Å². The van der Waals surface area contributed by atoms with Gasteiger partial charge >= 0.3 is 0 Å². The van der Waals surface area contributed by atoms with Crippen LogP contribution in [0.2, 0.25) is 0 Å². The Hall–Kier alpha value is -2.87. The Morgan fingerprint density at radius 2 is 1.82 bits per heavy atom. The van der Waals surface area contributed by atoms with Crippen LogP contribution in [-0.2, 0) is 21.2 Å². The molecule has 1 atom stereocenters. The third kappa shape index (κ3) is 6.57. The lowest BCUT2D eigenvalue weighted by Gasteiger charge is -2.32. The highest BCUT2D eigenvalue weighted by atomic mass is 32.2. The van der Waals surface area contributed by atoms with Crippen LogP contribution in [0.5, 0.6) is 0 Å². The summed E-state index contributed by atoms with van der Waals surface area (Å²) in [5.41, 5.74) is 1.81. The van der Waals surface area contributed by atoms with E-state index in [1.165, 1.54) is 0 Å². The van der Waals surface area contributed by atoms with Crippen molar-refractivity contribution in [2.75, 3.05) is 24.4 Å². The summed E-state index contributed by atoms with van der Waals surface area (Å²) in [6.45, 7) is 5.66. The van der Waals surface area contributed by atoms with Crippen LogP contribution in [0, 0.1) is 5.92 Å². The Bertz CT molecular complexity index is 1070. The van der Waals surface area contributed by atoms with Gasteiger partial charge in [0.15, 0.2) is 0 Å². The van der Waals surface area contributed by atoms with E-state index in [1.807, 2.05) is 19.1 Å². The molecule has 33 heavy (non-hydrogen) atoms. The zero-order valence-electron chi connectivity index (χ0n) is 19.3. The molecule has 0 aromatic heterocycles. The van der Waals surface area contributed by atoms with Crippen LogP contribution in [-0.4, -0.2) is 44.8 Å². The van der Waals surface area contributed by atoms with Gasteiger partial charge in [0.25, 0.3) is 15.9 Å². The predicted octanol–water partition coefficient (Wildman–Crippen LogP) is 3.82. The molecule has 0 spiro atoms. The molecule has 3 rings (SSSR count). The van der Waals surface area contributed by atoms with Crippen LogP contribution in [0.4, 0.5) is 5.69 Å². The largest absolute Gasteiger partial charge is 0.356 e. The zero-order chi connectivity index (χ0) is 23.8. The minimum atomic E-state index is -3.77. The normalized spacial score (nSPS) is 16.3. The molecule has 2 aromatic carbocycles. The van der Waals surface area contributed by atoms with E-state index in [1.54, 1.807) is 41.3 Å². The Balaban J connectivity index is 1.69. The number of amides is 2. The number of hydrogen-bond donors (Lipinski definition) is 2. The molecular weight excluding hydrogens is 438 g/mol. The molecular formula is C25H33N3O4S. The second-order valence-corrected chi connectivity index (χ2v) is 10.1. The molecule has 8 heteroatoms. The lowest BCUT2D eigenvalue weighted by molar-refractivity contribution is -0.126. The molecule has 1 fully saturated rings. The predicted molar refractivity (Wildman–Crippen MR) is 130 cm³/mol. The molecule has 1 aliphatic rings. The van der Waals surface area contributed by atoms with Crippen LogP contribution >= 0.6 is 0 Å². The van der Waals surface area contributed by atoms with Crippen molar-refractivity contribution in [2.45, 2.75) is 50.8 Å². The van der Waals surface area contributed by atoms with Crippen molar-refractivity contribution in [3.8, 4) is 0 Å². The fourth-order valence-corrected chi connectivity index (χ4v) is 5.05. The SMILES string of the molecule is CCCNC(=O)[C@H]1CCCN(C(=O)c2cccc(NS(=O)(=O)c3ccc(CCC)cc3)c2)C1. The number of nitrogens with zero attached hydrogens (tertiary/aromatic N) is 1. The highest BCUT2D eigenvalue weighted by Crippen LogP contribution is 2.22. The number of rotatable bonds is 9. The summed E-state index contributed by atoms with van der Waals surface area (Å²) in [6, 6.07) is 13.3. The first-order valence-electron chi connectivity index (χ1n) is 11.6.